The molecule has 1 rings (SSSR count). The summed E-state index contributed by atoms with van der Waals surface area (Å²) in [5.74, 6) is -0.154. The molecule has 0 aromatic heterocycles. The Kier molecular flexibility index (Phi) is 6.73. The first-order valence-electron chi connectivity index (χ1n) is 7.55. The van der Waals surface area contributed by atoms with Crippen LogP contribution < -0.4 is 5.32 Å². The van der Waals surface area contributed by atoms with Gasteiger partial charge in [0.25, 0.3) is 0 Å². The number of rotatable bonds is 8. The highest BCUT2D eigenvalue weighted by molar-refractivity contribution is 5.71. The fraction of sp³-hybridized carbons (Fsp3) is 0.588. The molecule has 3 nitrogen and oxygen atoms in total. The topological polar surface area (TPSA) is 38.3 Å². The molecule has 0 radical (unpaired) electrons. The van der Waals surface area contributed by atoms with Crippen molar-refractivity contribution in [2.45, 2.75) is 52.5 Å². The molecule has 3 heteroatoms. The first-order valence-corrected chi connectivity index (χ1v) is 7.55. The summed E-state index contributed by atoms with van der Waals surface area (Å²) in [6.45, 7) is 9.48. The van der Waals surface area contributed by atoms with E-state index >= 15 is 0 Å². The number of hydrogen-bond donors (Lipinski definition) is 1. The van der Waals surface area contributed by atoms with Gasteiger partial charge in [-0.15, -0.1) is 0 Å². The molecule has 0 aliphatic heterocycles. The average molecular weight is 277 g/mol. The predicted octanol–water partition coefficient (Wildman–Crippen LogP) is 3.42. The molecular weight excluding hydrogens is 250 g/mol. The van der Waals surface area contributed by atoms with Gasteiger partial charge < -0.3 is 10.1 Å². The van der Waals surface area contributed by atoms with Crippen LogP contribution in [-0.2, 0) is 21.5 Å². The molecule has 0 amide bonds. The Balaban J connectivity index is 2.92. The number of nitrogens with one attached hydrogen (secondary N) is 1. The molecule has 1 aromatic rings. The van der Waals surface area contributed by atoms with E-state index < -0.39 is 0 Å². The van der Waals surface area contributed by atoms with Crippen molar-refractivity contribution in [3.05, 3.63) is 35.4 Å². The van der Waals surface area contributed by atoms with Crippen LogP contribution in [-0.4, -0.2) is 19.1 Å². The van der Waals surface area contributed by atoms with E-state index in [2.05, 4.69) is 50.4 Å². The molecule has 112 valence electrons. The van der Waals surface area contributed by atoms with E-state index in [9.17, 15) is 4.79 Å². The van der Waals surface area contributed by atoms with E-state index in [1.165, 1.54) is 5.56 Å². The van der Waals surface area contributed by atoms with Gasteiger partial charge in [-0.1, -0.05) is 38.1 Å². The van der Waals surface area contributed by atoms with Gasteiger partial charge in [-0.3, -0.25) is 4.79 Å². The summed E-state index contributed by atoms with van der Waals surface area (Å²) < 4.78 is 5.10. The van der Waals surface area contributed by atoms with Gasteiger partial charge in [0.1, 0.15) is 0 Å². The minimum absolute atomic E-state index is 0.154. The third-order valence-corrected chi connectivity index (χ3v) is 3.57. The molecule has 20 heavy (non-hydrogen) atoms. The lowest BCUT2D eigenvalue weighted by atomic mass is 9.87. The van der Waals surface area contributed by atoms with Crippen molar-refractivity contribution in [1.29, 1.82) is 0 Å². The quantitative estimate of drug-likeness (QED) is 0.740. The van der Waals surface area contributed by atoms with Crippen molar-refractivity contribution in [2.75, 3.05) is 13.2 Å². The summed E-state index contributed by atoms with van der Waals surface area (Å²) in [5.41, 5.74) is 2.08. The molecule has 0 spiro atoms. The third-order valence-electron chi connectivity index (χ3n) is 3.57. The fourth-order valence-electron chi connectivity index (χ4n) is 2.28. The van der Waals surface area contributed by atoms with E-state index in [1.807, 2.05) is 6.92 Å². The smallest absolute Gasteiger partial charge is 0.307 e. The molecule has 0 heterocycles. The molecule has 0 aliphatic rings. The van der Waals surface area contributed by atoms with E-state index in [0.29, 0.717) is 13.0 Å². The van der Waals surface area contributed by atoms with Crippen LogP contribution in [0.25, 0.3) is 0 Å². The normalized spacial score (nSPS) is 13.8. The monoisotopic (exact) mass is 277 g/mol. The second-order valence-electron chi connectivity index (χ2n) is 5.29. The Labute approximate surface area is 122 Å². The maximum atomic E-state index is 11.9. The van der Waals surface area contributed by atoms with Gasteiger partial charge in [0, 0.05) is 0 Å². The van der Waals surface area contributed by atoms with Gasteiger partial charge in [0.15, 0.2) is 0 Å². The van der Waals surface area contributed by atoms with Crippen molar-refractivity contribution in [3.63, 3.8) is 0 Å². The van der Waals surface area contributed by atoms with Gasteiger partial charge in [0.05, 0.1) is 18.6 Å². The number of ether oxygens (including phenoxy) is 1. The lowest BCUT2D eigenvalue weighted by Gasteiger charge is -2.31. The maximum absolute atomic E-state index is 11.9. The number of benzene rings is 1. The van der Waals surface area contributed by atoms with E-state index in [1.54, 1.807) is 0 Å². The minimum atomic E-state index is -0.367. The standard InChI is InChI=1S/C17H27NO2/c1-5-12-18-17(4,13-16(19)20-7-3)15-10-8-14(6-2)9-11-15/h8-11,18H,5-7,12-13H2,1-4H3. The molecule has 0 saturated carbocycles. The van der Waals surface area contributed by atoms with Crippen LogP contribution >= 0.6 is 0 Å². The Morgan fingerprint density at radius 2 is 1.85 bits per heavy atom. The molecule has 0 saturated heterocycles. The van der Waals surface area contributed by atoms with Crippen molar-refractivity contribution >= 4 is 5.97 Å². The van der Waals surface area contributed by atoms with Crippen molar-refractivity contribution in [3.8, 4) is 0 Å². The zero-order valence-electron chi connectivity index (χ0n) is 13.2. The average Bonchev–Trinajstić information content (AvgIpc) is 2.45. The second-order valence-corrected chi connectivity index (χ2v) is 5.29. The van der Waals surface area contributed by atoms with E-state index in [0.717, 1.165) is 24.9 Å². The van der Waals surface area contributed by atoms with Crippen molar-refractivity contribution in [2.24, 2.45) is 0 Å². The van der Waals surface area contributed by atoms with Gasteiger partial charge in [0.2, 0.25) is 0 Å². The predicted molar refractivity (Wildman–Crippen MR) is 82.7 cm³/mol. The van der Waals surface area contributed by atoms with Crippen LogP contribution in [0.4, 0.5) is 0 Å². The second kappa shape index (κ2) is 8.05. The molecule has 1 aromatic carbocycles. The minimum Gasteiger partial charge on any atom is -0.466 e. The van der Waals surface area contributed by atoms with Gasteiger partial charge in [-0.2, -0.15) is 0 Å². The van der Waals surface area contributed by atoms with Crippen LogP contribution in [0.5, 0.6) is 0 Å². The lowest BCUT2D eigenvalue weighted by Crippen LogP contribution is -2.42. The summed E-state index contributed by atoms with van der Waals surface area (Å²) >= 11 is 0. The zero-order valence-corrected chi connectivity index (χ0v) is 13.2. The van der Waals surface area contributed by atoms with Crippen LogP contribution in [0, 0.1) is 0 Å². The molecule has 0 bridgehead atoms. The molecule has 1 N–H and O–H groups in total. The van der Waals surface area contributed by atoms with Crippen LogP contribution in [0.3, 0.4) is 0 Å². The molecule has 0 aliphatic carbocycles. The molecule has 1 unspecified atom stereocenters. The number of aryl methyl sites for hydroxylation is 1. The Morgan fingerprint density at radius 1 is 1.20 bits per heavy atom. The number of esters is 1. The molecule has 1 atom stereocenters. The first-order chi connectivity index (χ1) is 9.55. The fourth-order valence-corrected chi connectivity index (χ4v) is 2.28. The third kappa shape index (κ3) is 4.64. The van der Waals surface area contributed by atoms with Gasteiger partial charge >= 0.3 is 5.97 Å². The summed E-state index contributed by atoms with van der Waals surface area (Å²) in [4.78, 5) is 11.9. The van der Waals surface area contributed by atoms with Gasteiger partial charge in [-0.05, 0) is 44.4 Å². The Morgan fingerprint density at radius 3 is 2.35 bits per heavy atom. The Hall–Kier alpha value is -1.35. The highest BCUT2D eigenvalue weighted by atomic mass is 16.5. The summed E-state index contributed by atoms with van der Waals surface area (Å²) in [5, 5.41) is 3.49. The summed E-state index contributed by atoms with van der Waals surface area (Å²) in [6, 6.07) is 8.49. The SMILES string of the molecule is CCCNC(C)(CC(=O)OCC)c1ccc(CC)cc1. The van der Waals surface area contributed by atoms with Crippen molar-refractivity contribution < 1.29 is 9.53 Å². The highest BCUT2D eigenvalue weighted by Crippen LogP contribution is 2.26. The number of carbonyl (C=O) groups excluding carboxylic acids is 1. The molecular formula is C17H27NO2. The largest absolute Gasteiger partial charge is 0.466 e. The number of carbonyl (C=O) groups is 1. The van der Waals surface area contributed by atoms with Crippen molar-refractivity contribution in [1.82, 2.24) is 5.32 Å². The highest BCUT2D eigenvalue weighted by Gasteiger charge is 2.29. The molecule has 0 fully saturated rings. The van der Waals surface area contributed by atoms with E-state index in [-0.39, 0.29) is 11.5 Å². The van der Waals surface area contributed by atoms with Crippen LogP contribution in [0.15, 0.2) is 24.3 Å². The van der Waals surface area contributed by atoms with Gasteiger partial charge in [-0.25, -0.2) is 0 Å². The van der Waals surface area contributed by atoms with Crippen LogP contribution in [0.1, 0.15) is 51.7 Å². The van der Waals surface area contributed by atoms with E-state index in [4.69, 9.17) is 4.74 Å². The van der Waals surface area contributed by atoms with Crippen LogP contribution in [0.2, 0.25) is 0 Å². The Bertz CT molecular complexity index is 414. The number of hydrogen-bond acceptors (Lipinski definition) is 3. The summed E-state index contributed by atoms with van der Waals surface area (Å²) in [7, 11) is 0. The zero-order chi connectivity index (χ0) is 15.0. The lowest BCUT2D eigenvalue weighted by molar-refractivity contribution is -0.144. The first kappa shape index (κ1) is 16.7. The maximum Gasteiger partial charge on any atom is 0.307 e. The summed E-state index contributed by atoms with van der Waals surface area (Å²) in [6.07, 6.45) is 2.41.